The fourth-order valence-electron chi connectivity index (χ4n) is 3.07. The van der Waals surface area contributed by atoms with Gasteiger partial charge in [0, 0.05) is 32.4 Å². The van der Waals surface area contributed by atoms with Crippen LogP contribution in [0, 0.1) is 17.2 Å². The normalized spacial score (nSPS) is 15.9. The molecule has 1 unspecified atom stereocenters. The first kappa shape index (κ1) is 16.9. The molecule has 0 aliphatic carbocycles. The van der Waals surface area contributed by atoms with Gasteiger partial charge in [0.1, 0.15) is 24.5 Å². The lowest BCUT2D eigenvalue weighted by molar-refractivity contribution is -0.136. The third-order valence-electron chi connectivity index (χ3n) is 4.40. The smallest absolute Gasteiger partial charge is 0.247 e. The lowest BCUT2D eigenvalue weighted by Crippen LogP contribution is -2.51. The zero-order chi connectivity index (χ0) is 17.8. The van der Waals surface area contributed by atoms with Gasteiger partial charge in [-0.05, 0) is 18.1 Å². The van der Waals surface area contributed by atoms with Crippen molar-refractivity contribution in [3.8, 4) is 6.07 Å². The van der Waals surface area contributed by atoms with Gasteiger partial charge in [-0.2, -0.15) is 10.4 Å². The van der Waals surface area contributed by atoms with Crippen molar-refractivity contribution in [3.05, 3.63) is 36.5 Å². The monoisotopic (exact) mass is 339 g/mol. The van der Waals surface area contributed by atoms with Gasteiger partial charge in [0.15, 0.2) is 0 Å². The van der Waals surface area contributed by atoms with Gasteiger partial charge >= 0.3 is 0 Å². The van der Waals surface area contributed by atoms with Gasteiger partial charge in [-0.15, -0.1) is 0 Å². The average Bonchev–Trinajstić information content (AvgIpc) is 3.15. The predicted molar refractivity (Wildman–Crippen MR) is 91.6 cm³/mol. The number of hydrogen-bond donors (Lipinski definition) is 0. The van der Waals surface area contributed by atoms with E-state index in [4.69, 9.17) is 5.26 Å². The van der Waals surface area contributed by atoms with E-state index in [0.29, 0.717) is 31.7 Å². The van der Waals surface area contributed by atoms with Gasteiger partial charge in [0.25, 0.3) is 0 Å². The van der Waals surface area contributed by atoms with Crippen molar-refractivity contribution in [2.24, 2.45) is 5.92 Å². The summed E-state index contributed by atoms with van der Waals surface area (Å²) in [6.45, 7) is 6.64. The molecule has 3 rings (SSSR count). The van der Waals surface area contributed by atoms with E-state index >= 15 is 0 Å². The number of amides is 1. The van der Waals surface area contributed by atoms with E-state index in [2.05, 4.69) is 26.0 Å². The summed E-state index contributed by atoms with van der Waals surface area (Å²) >= 11 is 0. The molecule has 0 spiro atoms. The Hall–Kier alpha value is -2.95. The largest absolute Gasteiger partial charge is 0.353 e. The third kappa shape index (κ3) is 3.60. The molecular formula is C17H21N7O. The van der Waals surface area contributed by atoms with Crippen LogP contribution in [0.25, 0.3) is 0 Å². The molecule has 1 aliphatic heterocycles. The number of hydrogen-bond acceptors (Lipinski definition) is 6. The van der Waals surface area contributed by atoms with Gasteiger partial charge < -0.3 is 9.80 Å². The molecule has 1 saturated heterocycles. The average molecular weight is 339 g/mol. The first-order chi connectivity index (χ1) is 12.1. The molecule has 1 fully saturated rings. The summed E-state index contributed by atoms with van der Waals surface area (Å²) in [6.07, 6.45) is 4.69. The van der Waals surface area contributed by atoms with Crippen LogP contribution in [0.5, 0.6) is 0 Å². The predicted octanol–water partition coefficient (Wildman–Crippen LogP) is 1.09. The number of piperazine rings is 1. The topological polar surface area (TPSA) is 90.9 Å². The summed E-state index contributed by atoms with van der Waals surface area (Å²) < 4.78 is 1.64. The Labute approximate surface area is 146 Å². The SMILES string of the molecule is CC(C)C(C(=O)N1CCN(c2cc(C#N)ccn2)CC1)n1cncn1. The van der Waals surface area contributed by atoms with Crippen LogP contribution in [-0.2, 0) is 4.79 Å². The maximum absolute atomic E-state index is 12.9. The zero-order valence-electron chi connectivity index (χ0n) is 14.4. The summed E-state index contributed by atoms with van der Waals surface area (Å²) in [5.41, 5.74) is 0.592. The molecule has 0 saturated carbocycles. The molecule has 1 amide bonds. The molecule has 0 N–H and O–H groups in total. The minimum absolute atomic E-state index is 0.0684. The van der Waals surface area contributed by atoms with E-state index in [1.807, 2.05) is 18.7 Å². The number of anilines is 1. The molecular weight excluding hydrogens is 318 g/mol. The van der Waals surface area contributed by atoms with Gasteiger partial charge in [-0.3, -0.25) is 4.79 Å². The molecule has 2 aromatic heterocycles. The van der Waals surface area contributed by atoms with Crippen molar-refractivity contribution in [1.29, 1.82) is 5.26 Å². The number of nitrogens with zero attached hydrogens (tertiary/aromatic N) is 7. The second-order valence-electron chi connectivity index (χ2n) is 6.39. The van der Waals surface area contributed by atoms with Crippen LogP contribution in [0.4, 0.5) is 5.82 Å². The summed E-state index contributed by atoms with van der Waals surface area (Å²) in [4.78, 5) is 25.2. The van der Waals surface area contributed by atoms with Crippen molar-refractivity contribution in [1.82, 2.24) is 24.6 Å². The Kier molecular flexibility index (Phi) is 4.93. The molecule has 0 bridgehead atoms. The zero-order valence-corrected chi connectivity index (χ0v) is 14.4. The number of rotatable bonds is 4. The molecule has 1 atom stereocenters. The first-order valence-electron chi connectivity index (χ1n) is 8.34. The molecule has 25 heavy (non-hydrogen) atoms. The fraction of sp³-hybridized carbons (Fsp3) is 0.471. The Balaban J connectivity index is 1.67. The Morgan fingerprint density at radius 3 is 2.64 bits per heavy atom. The van der Waals surface area contributed by atoms with Crippen LogP contribution in [0.15, 0.2) is 31.0 Å². The highest BCUT2D eigenvalue weighted by Crippen LogP contribution is 2.21. The quantitative estimate of drug-likeness (QED) is 0.828. The summed E-state index contributed by atoms with van der Waals surface area (Å²) in [7, 11) is 0. The minimum atomic E-state index is -0.339. The highest BCUT2D eigenvalue weighted by molar-refractivity contribution is 5.81. The second kappa shape index (κ2) is 7.30. The Morgan fingerprint density at radius 2 is 2.04 bits per heavy atom. The molecule has 8 nitrogen and oxygen atoms in total. The molecule has 0 aromatic carbocycles. The van der Waals surface area contributed by atoms with Gasteiger partial charge in [-0.1, -0.05) is 13.8 Å². The van der Waals surface area contributed by atoms with E-state index in [1.54, 1.807) is 29.3 Å². The number of carbonyl (C=O) groups is 1. The van der Waals surface area contributed by atoms with Crippen molar-refractivity contribution in [2.45, 2.75) is 19.9 Å². The van der Waals surface area contributed by atoms with E-state index in [9.17, 15) is 4.79 Å². The van der Waals surface area contributed by atoms with E-state index in [0.717, 1.165) is 5.82 Å². The summed E-state index contributed by atoms with van der Waals surface area (Å²) in [5.74, 6) is 0.975. The van der Waals surface area contributed by atoms with Crippen LogP contribution in [0.3, 0.4) is 0 Å². The van der Waals surface area contributed by atoms with Crippen LogP contribution in [-0.4, -0.2) is 56.7 Å². The van der Waals surface area contributed by atoms with Gasteiger partial charge in [0.05, 0.1) is 11.6 Å². The number of aromatic nitrogens is 4. The molecule has 0 radical (unpaired) electrons. The highest BCUT2D eigenvalue weighted by atomic mass is 16.2. The van der Waals surface area contributed by atoms with Crippen molar-refractivity contribution >= 4 is 11.7 Å². The molecule has 2 aromatic rings. The molecule has 8 heteroatoms. The van der Waals surface area contributed by atoms with Crippen molar-refractivity contribution in [3.63, 3.8) is 0 Å². The van der Waals surface area contributed by atoms with Gasteiger partial charge in [-0.25, -0.2) is 14.6 Å². The lowest BCUT2D eigenvalue weighted by atomic mass is 10.0. The van der Waals surface area contributed by atoms with Crippen molar-refractivity contribution < 1.29 is 4.79 Å². The van der Waals surface area contributed by atoms with Crippen LogP contribution >= 0.6 is 0 Å². The van der Waals surface area contributed by atoms with Crippen LogP contribution in [0.1, 0.15) is 25.5 Å². The Bertz CT molecular complexity index is 758. The summed E-state index contributed by atoms with van der Waals surface area (Å²) in [6, 6.07) is 5.26. The van der Waals surface area contributed by atoms with E-state index < -0.39 is 0 Å². The molecule has 3 heterocycles. The van der Waals surface area contributed by atoms with E-state index in [1.165, 1.54) is 6.33 Å². The fourth-order valence-corrected chi connectivity index (χ4v) is 3.07. The number of carbonyl (C=O) groups excluding carboxylic acids is 1. The van der Waals surface area contributed by atoms with E-state index in [-0.39, 0.29) is 17.9 Å². The van der Waals surface area contributed by atoms with Crippen molar-refractivity contribution in [2.75, 3.05) is 31.1 Å². The standard InChI is InChI=1S/C17H21N7O/c1-13(2)16(24-12-19-11-21-24)17(25)23-7-5-22(6-8-23)15-9-14(10-18)3-4-20-15/h3-4,9,11-13,16H,5-8H2,1-2H3. The van der Waals surface area contributed by atoms with Gasteiger partial charge in [0.2, 0.25) is 5.91 Å². The summed E-state index contributed by atoms with van der Waals surface area (Å²) in [5, 5.41) is 13.2. The molecule has 130 valence electrons. The second-order valence-corrected chi connectivity index (χ2v) is 6.39. The Morgan fingerprint density at radius 1 is 1.28 bits per heavy atom. The highest BCUT2D eigenvalue weighted by Gasteiger charge is 2.31. The maximum atomic E-state index is 12.9. The van der Waals surface area contributed by atoms with Crippen LogP contribution in [0.2, 0.25) is 0 Å². The number of nitriles is 1. The number of pyridine rings is 1. The minimum Gasteiger partial charge on any atom is -0.353 e. The third-order valence-corrected chi connectivity index (χ3v) is 4.40. The molecule has 1 aliphatic rings. The van der Waals surface area contributed by atoms with Crippen LogP contribution < -0.4 is 4.90 Å². The maximum Gasteiger partial charge on any atom is 0.247 e. The first-order valence-corrected chi connectivity index (χ1v) is 8.34. The lowest BCUT2D eigenvalue weighted by Gasteiger charge is -2.37.